The average molecular weight is 227 g/mol. The van der Waals surface area contributed by atoms with Crippen LogP contribution in [0.15, 0.2) is 36.4 Å². The van der Waals surface area contributed by atoms with E-state index in [0.717, 1.165) is 16.3 Å². The summed E-state index contributed by atoms with van der Waals surface area (Å²) in [4.78, 5) is -0.506. The van der Waals surface area contributed by atoms with Crippen LogP contribution in [0.2, 0.25) is 0 Å². The van der Waals surface area contributed by atoms with Crippen LogP contribution in [0.25, 0.3) is 10.8 Å². The number of phenolic OH excluding ortho intramolecular Hbond substituents is 1. The van der Waals surface area contributed by atoms with Gasteiger partial charge in [0.25, 0.3) is 0 Å². The number of aromatic hydroxyl groups is 1. The quantitative estimate of drug-likeness (QED) is 0.729. The van der Waals surface area contributed by atoms with Gasteiger partial charge in [0.2, 0.25) is 0 Å². The zero-order valence-corrected chi connectivity index (χ0v) is 8.76. The number of rotatable bonds is 1. The van der Waals surface area contributed by atoms with Crippen LogP contribution < -0.4 is 0 Å². The zero-order valence-electron chi connectivity index (χ0n) is 7.24. The van der Waals surface area contributed by atoms with E-state index in [-0.39, 0.29) is 5.75 Å². The summed E-state index contributed by atoms with van der Waals surface area (Å²) in [6.45, 7) is 0. The maximum absolute atomic E-state index is 9.26. The lowest BCUT2D eigenvalue weighted by atomic mass is 10.1. The summed E-state index contributed by atoms with van der Waals surface area (Å²) in [5.41, 5.74) is 0.867. The highest BCUT2D eigenvalue weighted by atomic mass is 35.5. The molecule has 0 aliphatic heterocycles. The average Bonchev–Trinajstić information content (AvgIpc) is 2.16. The summed E-state index contributed by atoms with van der Waals surface area (Å²) in [6, 6.07) is 10.8. The normalized spacial score (nSPS) is 11.1. The SMILES string of the molecule is Oc1ccc2cc(C(Cl)Cl)ccc2c1. The lowest BCUT2D eigenvalue weighted by molar-refractivity contribution is 0.476. The van der Waals surface area contributed by atoms with Crippen molar-refractivity contribution in [2.75, 3.05) is 0 Å². The Kier molecular flexibility index (Phi) is 2.53. The Labute approximate surface area is 91.9 Å². The third kappa shape index (κ3) is 1.79. The van der Waals surface area contributed by atoms with Crippen LogP contribution >= 0.6 is 23.2 Å². The molecule has 0 spiro atoms. The molecule has 0 saturated heterocycles. The summed E-state index contributed by atoms with van der Waals surface area (Å²) in [6.07, 6.45) is 0. The highest BCUT2D eigenvalue weighted by Gasteiger charge is 2.03. The molecular weight excluding hydrogens is 219 g/mol. The molecule has 2 rings (SSSR count). The van der Waals surface area contributed by atoms with Crippen molar-refractivity contribution < 1.29 is 5.11 Å². The Bertz CT molecular complexity index is 466. The van der Waals surface area contributed by atoms with Gasteiger partial charge in [-0.3, -0.25) is 0 Å². The number of phenols is 1. The van der Waals surface area contributed by atoms with E-state index < -0.39 is 4.84 Å². The first-order valence-corrected chi connectivity index (χ1v) is 5.05. The van der Waals surface area contributed by atoms with E-state index >= 15 is 0 Å². The first kappa shape index (κ1) is 9.63. The molecule has 14 heavy (non-hydrogen) atoms. The molecule has 2 aromatic rings. The van der Waals surface area contributed by atoms with Gasteiger partial charge < -0.3 is 5.11 Å². The van der Waals surface area contributed by atoms with Crippen LogP contribution in [-0.2, 0) is 0 Å². The van der Waals surface area contributed by atoms with Gasteiger partial charge in [0.05, 0.1) is 0 Å². The van der Waals surface area contributed by atoms with Crippen molar-refractivity contribution in [2.45, 2.75) is 4.84 Å². The highest BCUT2D eigenvalue weighted by Crippen LogP contribution is 2.28. The third-order valence-electron chi connectivity index (χ3n) is 2.10. The summed E-state index contributed by atoms with van der Waals surface area (Å²) in [5, 5.41) is 11.3. The second-order valence-electron chi connectivity index (χ2n) is 3.09. The van der Waals surface area contributed by atoms with Crippen LogP contribution in [0, 0.1) is 0 Å². The first-order chi connectivity index (χ1) is 6.66. The van der Waals surface area contributed by atoms with Crippen LogP contribution in [-0.4, -0.2) is 5.11 Å². The Balaban J connectivity index is 2.62. The number of hydrogen-bond acceptors (Lipinski definition) is 1. The molecule has 0 atom stereocenters. The van der Waals surface area contributed by atoms with Crippen LogP contribution in [0.4, 0.5) is 0 Å². The molecule has 0 aliphatic rings. The Morgan fingerprint density at radius 2 is 1.57 bits per heavy atom. The number of alkyl halides is 2. The van der Waals surface area contributed by atoms with Crippen molar-refractivity contribution in [1.82, 2.24) is 0 Å². The fraction of sp³-hybridized carbons (Fsp3) is 0.0909. The predicted octanol–water partition coefficient (Wildman–Crippen LogP) is 4.02. The van der Waals surface area contributed by atoms with Crippen molar-refractivity contribution in [3.05, 3.63) is 42.0 Å². The minimum absolute atomic E-state index is 0.263. The molecule has 0 aliphatic carbocycles. The molecule has 0 aromatic heterocycles. The van der Waals surface area contributed by atoms with E-state index in [9.17, 15) is 5.11 Å². The summed E-state index contributed by atoms with van der Waals surface area (Å²) < 4.78 is 0. The standard InChI is InChI=1S/C11H8Cl2O/c12-11(13)9-2-1-8-6-10(14)4-3-7(8)5-9/h1-6,11,14H. The van der Waals surface area contributed by atoms with E-state index in [1.165, 1.54) is 0 Å². The van der Waals surface area contributed by atoms with E-state index in [1.807, 2.05) is 24.3 Å². The fourth-order valence-corrected chi connectivity index (χ4v) is 1.66. The smallest absolute Gasteiger partial charge is 0.132 e. The second kappa shape index (κ2) is 3.68. The van der Waals surface area contributed by atoms with Gasteiger partial charge in [-0.05, 0) is 34.5 Å². The maximum Gasteiger partial charge on any atom is 0.132 e. The van der Waals surface area contributed by atoms with Crippen molar-refractivity contribution in [3.63, 3.8) is 0 Å². The second-order valence-corrected chi connectivity index (χ2v) is 4.19. The van der Waals surface area contributed by atoms with Crippen LogP contribution in [0.1, 0.15) is 10.4 Å². The molecule has 1 nitrogen and oxygen atoms in total. The van der Waals surface area contributed by atoms with Crippen LogP contribution in [0.5, 0.6) is 5.75 Å². The van der Waals surface area contributed by atoms with Gasteiger partial charge in [-0.1, -0.05) is 18.2 Å². The van der Waals surface area contributed by atoms with Gasteiger partial charge in [0, 0.05) is 0 Å². The molecule has 0 bridgehead atoms. The van der Waals surface area contributed by atoms with Gasteiger partial charge >= 0.3 is 0 Å². The lowest BCUT2D eigenvalue weighted by Gasteiger charge is -2.04. The highest BCUT2D eigenvalue weighted by molar-refractivity contribution is 6.44. The molecular formula is C11H8Cl2O. The van der Waals surface area contributed by atoms with E-state index in [1.54, 1.807) is 12.1 Å². The van der Waals surface area contributed by atoms with Gasteiger partial charge in [0.1, 0.15) is 10.6 Å². The van der Waals surface area contributed by atoms with E-state index in [2.05, 4.69) is 0 Å². The topological polar surface area (TPSA) is 20.2 Å². The molecule has 2 aromatic carbocycles. The van der Waals surface area contributed by atoms with Gasteiger partial charge in [-0.2, -0.15) is 0 Å². The summed E-state index contributed by atoms with van der Waals surface area (Å²) >= 11 is 11.5. The molecule has 0 heterocycles. The number of fused-ring (bicyclic) bond motifs is 1. The van der Waals surface area contributed by atoms with Gasteiger partial charge in [-0.15, -0.1) is 23.2 Å². The van der Waals surface area contributed by atoms with Crippen molar-refractivity contribution in [1.29, 1.82) is 0 Å². The molecule has 3 heteroatoms. The molecule has 1 N–H and O–H groups in total. The molecule has 0 fully saturated rings. The van der Waals surface area contributed by atoms with Crippen molar-refractivity contribution >= 4 is 34.0 Å². The number of hydrogen-bond donors (Lipinski definition) is 1. The Hall–Kier alpha value is -0.920. The van der Waals surface area contributed by atoms with E-state index in [4.69, 9.17) is 23.2 Å². The molecule has 0 saturated carbocycles. The Morgan fingerprint density at radius 1 is 0.929 bits per heavy atom. The third-order valence-corrected chi connectivity index (χ3v) is 2.60. The lowest BCUT2D eigenvalue weighted by Crippen LogP contribution is -1.81. The van der Waals surface area contributed by atoms with Gasteiger partial charge in [-0.25, -0.2) is 0 Å². The minimum Gasteiger partial charge on any atom is -0.508 e. The largest absolute Gasteiger partial charge is 0.508 e. The first-order valence-electron chi connectivity index (χ1n) is 4.17. The maximum atomic E-state index is 9.26. The number of halogens is 2. The zero-order chi connectivity index (χ0) is 10.1. The Morgan fingerprint density at radius 3 is 2.29 bits per heavy atom. The summed E-state index contributed by atoms with van der Waals surface area (Å²) in [5.74, 6) is 0.263. The van der Waals surface area contributed by atoms with E-state index in [0.29, 0.717) is 0 Å². The molecule has 72 valence electrons. The van der Waals surface area contributed by atoms with Crippen molar-refractivity contribution in [2.24, 2.45) is 0 Å². The minimum atomic E-state index is -0.506. The van der Waals surface area contributed by atoms with Crippen LogP contribution in [0.3, 0.4) is 0 Å². The monoisotopic (exact) mass is 226 g/mol. The molecule has 0 unspecified atom stereocenters. The fourth-order valence-electron chi connectivity index (χ4n) is 1.39. The molecule has 0 amide bonds. The number of benzene rings is 2. The predicted molar refractivity (Wildman–Crippen MR) is 60.1 cm³/mol. The van der Waals surface area contributed by atoms with Crippen molar-refractivity contribution in [3.8, 4) is 5.75 Å². The van der Waals surface area contributed by atoms with Gasteiger partial charge in [0.15, 0.2) is 0 Å². The summed E-state index contributed by atoms with van der Waals surface area (Å²) in [7, 11) is 0. The molecule has 0 radical (unpaired) electrons.